The van der Waals surface area contributed by atoms with E-state index in [2.05, 4.69) is 98.7 Å². The number of hydrogen-bond acceptors (Lipinski definition) is 0. The van der Waals surface area contributed by atoms with Crippen LogP contribution < -0.4 is 0 Å². The predicted octanol–water partition coefficient (Wildman–Crippen LogP) is 16.4. The van der Waals surface area contributed by atoms with Gasteiger partial charge in [0.2, 0.25) is 0 Å². The molecule has 0 spiro atoms. The Hall–Kier alpha value is -3.10. The van der Waals surface area contributed by atoms with Gasteiger partial charge in [0.1, 0.15) is 0 Å². The lowest BCUT2D eigenvalue weighted by atomic mass is 9.83. The number of rotatable bonds is 32. The van der Waals surface area contributed by atoms with Crippen molar-refractivity contribution >= 4 is 11.4 Å². The van der Waals surface area contributed by atoms with E-state index in [1.807, 2.05) is 0 Å². The molecule has 54 heavy (non-hydrogen) atoms. The predicted molar refractivity (Wildman–Crippen MR) is 238 cm³/mol. The first kappa shape index (κ1) is 47.1. The molecule has 298 valence electrons. The maximum absolute atomic E-state index is 9.70. The molecule has 2 rings (SSSR count). The minimum absolute atomic E-state index is 0.870. The summed E-state index contributed by atoms with van der Waals surface area (Å²) >= 11 is 0. The fourth-order valence-electron chi connectivity index (χ4n) is 7.64. The van der Waals surface area contributed by atoms with E-state index in [-0.39, 0.29) is 0 Å². The van der Waals surface area contributed by atoms with Crippen LogP contribution in [0, 0.1) is 11.8 Å². The van der Waals surface area contributed by atoms with Gasteiger partial charge >= 0.3 is 5.87 Å². The van der Waals surface area contributed by atoms with E-state index in [0.29, 0.717) is 0 Å². The molecule has 0 fully saturated rings. The Morgan fingerprint density at radius 2 is 1.00 bits per heavy atom. The number of hydrogen-bond donors (Lipinski definition) is 0. The van der Waals surface area contributed by atoms with Crippen LogP contribution in [0.5, 0.6) is 0 Å². The van der Waals surface area contributed by atoms with Crippen molar-refractivity contribution in [2.45, 2.75) is 220 Å². The summed E-state index contributed by atoms with van der Waals surface area (Å²) in [5.41, 5.74) is 18.6. The van der Waals surface area contributed by atoms with Gasteiger partial charge in [-0.15, -0.1) is 16.6 Å². The second-order valence-electron chi connectivity index (χ2n) is 15.8. The molecule has 2 nitrogen and oxygen atoms in total. The number of nitrogens with zero attached hydrogens (tertiary/aromatic N) is 2. The van der Waals surface area contributed by atoms with Crippen LogP contribution in [0.25, 0.3) is 11.1 Å². The van der Waals surface area contributed by atoms with Gasteiger partial charge in [0.15, 0.2) is 0 Å². The first-order chi connectivity index (χ1) is 26.7. The van der Waals surface area contributed by atoms with Crippen LogP contribution in [-0.4, -0.2) is 10.7 Å². The first-order valence-electron chi connectivity index (χ1n) is 23.0. The number of allylic oxidation sites excluding steroid dienone is 2. The standard InChI is InChI=1S/C52H80N2/c1-5-9-13-14-15-16-17-18-19-20-21-22-23-24-25-26-27-28-29-30-31-32-37-47-38-33-34-40-50(47)52(48-43-41-46(42-44-48)35-10-6-2)51(39-12-8-4)49(45-54-53)36-11-7-3/h33-34,38,40-44H,5-28,31-32,35-37,39H2,1-4H3. The summed E-state index contributed by atoms with van der Waals surface area (Å²) in [6.45, 7) is 9.03. The normalized spacial score (nSPS) is 11.4. The topological polar surface area (TPSA) is 36.4 Å². The molecular weight excluding hydrogens is 653 g/mol. The van der Waals surface area contributed by atoms with Gasteiger partial charge in [0, 0.05) is 12.8 Å². The van der Waals surface area contributed by atoms with Crippen molar-refractivity contribution in [3.05, 3.63) is 87.5 Å². The average Bonchev–Trinajstić information content (AvgIpc) is 3.20. The molecule has 0 heterocycles. The molecule has 0 unspecified atom stereocenters. The van der Waals surface area contributed by atoms with Crippen molar-refractivity contribution in [1.29, 1.82) is 0 Å². The Morgan fingerprint density at radius 3 is 1.56 bits per heavy atom. The monoisotopic (exact) mass is 733 g/mol. The Balaban J connectivity index is 1.90. The van der Waals surface area contributed by atoms with E-state index in [0.717, 1.165) is 76.2 Å². The van der Waals surface area contributed by atoms with Crippen LogP contribution in [0.2, 0.25) is 0 Å². The number of unbranched alkanes of at least 4 members (excludes halogenated alkanes) is 21. The lowest BCUT2D eigenvalue weighted by Crippen LogP contribution is -2.04. The van der Waals surface area contributed by atoms with Crippen molar-refractivity contribution in [2.24, 2.45) is 0 Å². The summed E-state index contributed by atoms with van der Waals surface area (Å²) in [5, 5.41) is 0. The van der Waals surface area contributed by atoms with Gasteiger partial charge in [0.05, 0.1) is 5.57 Å². The molecule has 0 aliphatic rings. The Kier molecular flexibility index (Phi) is 29.0. The molecule has 2 aromatic rings. The van der Waals surface area contributed by atoms with E-state index in [1.165, 1.54) is 155 Å². The van der Waals surface area contributed by atoms with Gasteiger partial charge in [-0.1, -0.05) is 198 Å². The second kappa shape index (κ2) is 33.3. The molecule has 0 saturated heterocycles. The van der Waals surface area contributed by atoms with Crippen LogP contribution >= 0.6 is 0 Å². The zero-order valence-corrected chi connectivity index (χ0v) is 35.7. The molecule has 0 aliphatic carbocycles. The second-order valence-corrected chi connectivity index (χ2v) is 15.8. The van der Waals surface area contributed by atoms with Crippen molar-refractivity contribution in [2.75, 3.05) is 0 Å². The van der Waals surface area contributed by atoms with Crippen molar-refractivity contribution in [3.63, 3.8) is 0 Å². The SMILES string of the molecule is CCCCCCCCCCCCCCCCCCCC#CCCCc1ccccc1C(=C(CCCC)C(=C=[N+]=[N-])CCCC)c1ccc(CCCC)cc1. The highest BCUT2D eigenvalue weighted by molar-refractivity contribution is 5.88. The quantitative estimate of drug-likeness (QED) is 0.0179. The highest BCUT2D eigenvalue weighted by atomic mass is 14.8. The van der Waals surface area contributed by atoms with Crippen LogP contribution in [0.15, 0.2) is 59.7 Å². The Labute approximate surface area is 334 Å². The van der Waals surface area contributed by atoms with E-state index in [9.17, 15) is 5.53 Å². The van der Waals surface area contributed by atoms with Gasteiger partial charge in [-0.2, -0.15) is 0 Å². The highest BCUT2D eigenvalue weighted by Gasteiger charge is 2.20. The zero-order valence-electron chi connectivity index (χ0n) is 35.7. The minimum atomic E-state index is 0.870. The summed E-state index contributed by atoms with van der Waals surface area (Å²) in [6, 6.07) is 18.2. The maximum atomic E-state index is 9.70. The summed E-state index contributed by atoms with van der Waals surface area (Å²) in [4.78, 5) is 3.46. The average molecular weight is 733 g/mol. The molecule has 0 atom stereocenters. The summed E-state index contributed by atoms with van der Waals surface area (Å²) in [5.74, 6) is 10.0. The molecule has 0 saturated carbocycles. The third-order valence-corrected chi connectivity index (χ3v) is 11.0. The van der Waals surface area contributed by atoms with E-state index >= 15 is 0 Å². The smallest absolute Gasteiger partial charge is 0.303 e. The molecule has 0 N–H and O–H groups in total. The summed E-state index contributed by atoms with van der Waals surface area (Å²) in [6.07, 6.45) is 37.8. The van der Waals surface area contributed by atoms with E-state index in [1.54, 1.807) is 0 Å². The first-order valence-corrected chi connectivity index (χ1v) is 23.0. The van der Waals surface area contributed by atoms with Gasteiger partial charge in [-0.25, -0.2) is 0 Å². The lowest BCUT2D eigenvalue weighted by Gasteiger charge is -2.20. The fourth-order valence-corrected chi connectivity index (χ4v) is 7.64. The molecule has 0 radical (unpaired) electrons. The van der Waals surface area contributed by atoms with E-state index < -0.39 is 0 Å². The van der Waals surface area contributed by atoms with Crippen LogP contribution in [-0.2, 0) is 12.8 Å². The minimum Gasteiger partial charge on any atom is -0.348 e. The number of benzene rings is 2. The fraction of sp³-hybridized carbons (Fsp3) is 0.654. The molecule has 2 heteroatoms. The van der Waals surface area contributed by atoms with Crippen LogP contribution in [0.1, 0.15) is 230 Å². The molecule has 0 bridgehead atoms. The van der Waals surface area contributed by atoms with Crippen molar-refractivity contribution in [1.82, 2.24) is 0 Å². The van der Waals surface area contributed by atoms with Crippen LogP contribution in [0.3, 0.4) is 0 Å². The molecular formula is C52H80N2. The van der Waals surface area contributed by atoms with Gasteiger partial charge < -0.3 is 5.53 Å². The van der Waals surface area contributed by atoms with Crippen molar-refractivity contribution in [3.8, 4) is 11.8 Å². The van der Waals surface area contributed by atoms with Crippen LogP contribution in [0.4, 0.5) is 0 Å². The summed E-state index contributed by atoms with van der Waals surface area (Å²) < 4.78 is 0. The van der Waals surface area contributed by atoms with Crippen molar-refractivity contribution < 1.29 is 4.79 Å². The third kappa shape index (κ3) is 21.1. The zero-order chi connectivity index (χ0) is 38.7. The highest BCUT2D eigenvalue weighted by Crippen LogP contribution is 2.36. The van der Waals surface area contributed by atoms with Gasteiger partial charge in [-0.05, 0) is 91.2 Å². The van der Waals surface area contributed by atoms with Gasteiger partial charge in [-0.3, -0.25) is 0 Å². The Bertz CT molecular complexity index is 1400. The molecule has 0 aliphatic heterocycles. The Morgan fingerprint density at radius 1 is 0.500 bits per heavy atom. The largest absolute Gasteiger partial charge is 0.348 e. The van der Waals surface area contributed by atoms with Gasteiger partial charge in [0.25, 0.3) is 0 Å². The third-order valence-electron chi connectivity index (χ3n) is 11.0. The number of aryl methyl sites for hydroxylation is 2. The lowest BCUT2D eigenvalue weighted by molar-refractivity contribution is 0.00739. The molecule has 2 aromatic carbocycles. The maximum Gasteiger partial charge on any atom is 0.303 e. The summed E-state index contributed by atoms with van der Waals surface area (Å²) in [7, 11) is 0. The van der Waals surface area contributed by atoms with E-state index in [4.69, 9.17) is 0 Å². The molecule has 0 aromatic heterocycles. The molecule has 0 amide bonds.